The van der Waals surface area contributed by atoms with Gasteiger partial charge in [-0.1, -0.05) is 45.0 Å². The first-order valence-corrected chi connectivity index (χ1v) is 13.7. The molecule has 1 aliphatic carbocycles. The third-order valence-electron chi connectivity index (χ3n) is 6.05. The second-order valence-corrected chi connectivity index (χ2v) is 11.1. The third kappa shape index (κ3) is 9.99. The van der Waals surface area contributed by atoms with Gasteiger partial charge in [0.25, 0.3) is 0 Å². The maximum Gasteiger partial charge on any atom is 0.408 e. The average Bonchev–Trinajstić information content (AvgIpc) is 3.65. The molecule has 1 aromatic rings. The molecule has 2 unspecified atom stereocenters. The monoisotopic (exact) mass is 531 g/mol. The molecule has 212 valence electrons. The molecule has 1 aromatic carbocycles. The van der Waals surface area contributed by atoms with E-state index in [4.69, 9.17) is 9.47 Å². The van der Waals surface area contributed by atoms with E-state index in [1.54, 1.807) is 32.6 Å². The van der Waals surface area contributed by atoms with E-state index in [0.29, 0.717) is 12.0 Å². The predicted octanol–water partition coefficient (Wildman–Crippen LogP) is 4.29. The molecule has 9 nitrogen and oxygen atoms in total. The molecule has 0 radical (unpaired) electrons. The molecule has 2 N–H and O–H groups in total. The normalized spacial score (nSPS) is 14.8. The van der Waals surface area contributed by atoms with Gasteiger partial charge >= 0.3 is 12.1 Å². The molecule has 0 bridgehead atoms. The van der Waals surface area contributed by atoms with E-state index >= 15 is 0 Å². The zero-order valence-corrected chi connectivity index (χ0v) is 24.0. The van der Waals surface area contributed by atoms with Gasteiger partial charge in [-0.05, 0) is 70.4 Å². The second kappa shape index (κ2) is 14.2. The van der Waals surface area contributed by atoms with Crippen LogP contribution >= 0.6 is 0 Å². The van der Waals surface area contributed by atoms with E-state index in [9.17, 15) is 19.2 Å². The topological polar surface area (TPSA) is 114 Å². The number of hydrogen-bond donors (Lipinski definition) is 2. The summed E-state index contributed by atoms with van der Waals surface area (Å²) in [6.07, 6.45) is 2.15. The summed E-state index contributed by atoms with van der Waals surface area (Å²) in [6.45, 7) is 13.4. The van der Waals surface area contributed by atoms with Crippen molar-refractivity contribution in [1.82, 2.24) is 15.5 Å². The molecule has 0 heterocycles. The summed E-state index contributed by atoms with van der Waals surface area (Å²) in [5.74, 6) is -0.984. The Hall–Kier alpha value is -3.10. The first-order chi connectivity index (χ1) is 17.9. The van der Waals surface area contributed by atoms with Gasteiger partial charge in [0.1, 0.15) is 17.7 Å². The molecule has 3 amide bonds. The number of alkyl carbamates (subject to hydrolysis) is 1. The van der Waals surface area contributed by atoms with Crippen LogP contribution in [0.4, 0.5) is 4.79 Å². The highest BCUT2D eigenvalue weighted by molar-refractivity contribution is 5.92. The number of amides is 3. The Morgan fingerprint density at radius 1 is 1.05 bits per heavy atom. The smallest absolute Gasteiger partial charge is 0.408 e. The summed E-state index contributed by atoms with van der Waals surface area (Å²) in [5.41, 5.74) is 1.08. The van der Waals surface area contributed by atoms with E-state index in [2.05, 4.69) is 10.6 Å². The van der Waals surface area contributed by atoms with Gasteiger partial charge in [-0.25, -0.2) is 4.79 Å². The predicted molar refractivity (Wildman–Crippen MR) is 145 cm³/mol. The zero-order chi connectivity index (χ0) is 28.5. The van der Waals surface area contributed by atoms with Crippen LogP contribution in [0.1, 0.15) is 91.3 Å². The summed E-state index contributed by atoms with van der Waals surface area (Å²) >= 11 is 0. The first kappa shape index (κ1) is 31.1. The van der Waals surface area contributed by atoms with Crippen molar-refractivity contribution in [3.05, 3.63) is 35.4 Å². The first-order valence-electron chi connectivity index (χ1n) is 13.7. The minimum Gasteiger partial charge on any atom is -0.466 e. The van der Waals surface area contributed by atoms with E-state index < -0.39 is 29.7 Å². The van der Waals surface area contributed by atoms with Crippen LogP contribution in [-0.2, 0) is 30.3 Å². The molecule has 9 heteroatoms. The van der Waals surface area contributed by atoms with E-state index in [1.165, 1.54) is 0 Å². The number of carbonyl (C=O) groups excluding carboxylic acids is 4. The minimum absolute atomic E-state index is 0.0363. The Bertz CT molecular complexity index is 950. The highest BCUT2D eigenvalue weighted by Crippen LogP contribution is 2.36. The maximum absolute atomic E-state index is 14.1. The molecule has 2 rings (SSSR count). The van der Waals surface area contributed by atoms with Crippen molar-refractivity contribution in [3.8, 4) is 0 Å². The lowest BCUT2D eigenvalue weighted by Crippen LogP contribution is -2.54. The summed E-state index contributed by atoms with van der Waals surface area (Å²) < 4.78 is 10.4. The lowest BCUT2D eigenvalue weighted by Gasteiger charge is -2.35. The molecule has 2 atom stereocenters. The van der Waals surface area contributed by atoms with Crippen LogP contribution in [0.25, 0.3) is 0 Å². The van der Waals surface area contributed by atoms with Gasteiger partial charge < -0.3 is 25.0 Å². The molecule has 38 heavy (non-hydrogen) atoms. The van der Waals surface area contributed by atoms with Gasteiger partial charge in [0.05, 0.1) is 13.0 Å². The number of carbonyl (C=O) groups is 4. The number of ether oxygens (including phenoxy) is 2. The van der Waals surface area contributed by atoms with E-state index in [-0.39, 0.29) is 43.3 Å². The number of esters is 1. The van der Waals surface area contributed by atoms with Crippen LogP contribution in [0.15, 0.2) is 24.3 Å². The van der Waals surface area contributed by atoms with Gasteiger partial charge in [0, 0.05) is 12.6 Å². The van der Waals surface area contributed by atoms with Crippen LogP contribution in [0.5, 0.6) is 0 Å². The number of nitrogens with zero attached hydrogens (tertiary/aromatic N) is 1. The van der Waals surface area contributed by atoms with Crippen LogP contribution < -0.4 is 10.6 Å². The van der Waals surface area contributed by atoms with Gasteiger partial charge in [-0.15, -0.1) is 0 Å². The van der Waals surface area contributed by atoms with E-state index in [0.717, 1.165) is 24.8 Å². The molecule has 0 saturated heterocycles. The van der Waals surface area contributed by atoms with Gasteiger partial charge in [0.15, 0.2) is 0 Å². The fourth-order valence-corrected chi connectivity index (χ4v) is 4.18. The maximum atomic E-state index is 14.1. The highest BCUT2D eigenvalue weighted by Gasteiger charge is 2.44. The van der Waals surface area contributed by atoms with Crippen LogP contribution in [-0.4, -0.2) is 59.6 Å². The minimum atomic E-state index is -0.904. The Kier molecular flexibility index (Phi) is 11.6. The van der Waals surface area contributed by atoms with Crippen molar-refractivity contribution in [3.63, 3.8) is 0 Å². The number of nitrogens with one attached hydrogen (secondary N) is 2. The Labute approximate surface area is 227 Å². The highest BCUT2D eigenvalue weighted by atomic mass is 16.6. The van der Waals surface area contributed by atoms with Crippen molar-refractivity contribution in [2.75, 3.05) is 13.2 Å². The summed E-state index contributed by atoms with van der Waals surface area (Å²) in [5, 5.41) is 5.58. The largest absolute Gasteiger partial charge is 0.466 e. The fourth-order valence-electron chi connectivity index (χ4n) is 4.18. The Morgan fingerprint density at radius 3 is 2.18 bits per heavy atom. The van der Waals surface area contributed by atoms with Crippen LogP contribution in [0.2, 0.25) is 0 Å². The third-order valence-corrected chi connectivity index (χ3v) is 6.05. The molecule has 1 fully saturated rings. The number of aryl methyl sites for hydroxylation is 1. The van der Waals surface area contributed by atoms with Crippen LogP contribution in [0, 0.1) is 5.92 Å². The van der Waals surface area contributed by atoms with Gasteiger partial charge in [0.2, 0.25) is 11.8 Å². The molecular formula is C29H45N3O6. The standard InChI is InChI=1S/C29H45N3O6/c1-8-20-10-12-21(13-11-20)25(26(34)30-17-16-24(33)37-9-2)32(22-14-15-22)27(35)23(18-19(3)4)31-28(36)38-29(5,6)7/h10-13,19,22-23,25H,8-9,14-18H2,1-7H3,(H,30,34)(H,31,36). The number of rotatable bonds is 13. The molecule has 0 aliphatic heterocycles. The Morgan fingerprint density at radius 2 is 1.68 bits per heavy atom. The summed E-state index contributed by atoms with van der Waals surface area (Å²) in [6, 6.07) is 5.77. The van der Waals surface area contributed by atoms with Crippen molar-refractivity contribution < 1.29 is 28.7 Å². The molecule has 1 aliphatic rings. The number of benzene rings is 1. The van der Waals surface area contributed by atoms with Crippen LogP contribution in [0.3, 0.4) is 0 Å². The van der Waals surface area contributed by atoms with Crippen molar-refractivity contribution >= 4 is 23.9 Å². The fraction of sp³-hybridized carbons (Fsp3) is 0.655. The zero-order valence-electron chi connectivity index (χ0n) is 24.0. The van der Waals surface area contributed by atoms with Crippen molar-refractivity contribution in [1.29, 1.82) is 0 Å². The molecule has 0 aromatic heterocycles. The van der Waals surface area contributed by atoms with Crippen molar-refractivity contribution in [2.45, 2.75) is 104 Å². The summed E-state index contributed by atoms with van der Waals surface area (Å²) in [4.78, 5) is 53.7. The SMILES string of the molecule is CCOC(=O)CCNC(=O)C(c1ccc(CC)cc1)N(C(=O)C(CC(C)C)NC(=O)OC(C)(C)C)C1CC1. The van der Waals surface area contributed by atoms with Crippen molar-refractivity contribution in [2.24, 2.45) is 5.92 Å². The number of hydrogen-bond acceptors (Lipinski definition) is 6. The molecule has 1 saturated carbocycles. The molecule has 0 spiro atoms. The lowest BCUT2D eigenvalue weighted by atomic mass is 9.98. The Balaban J connectivity index is 2.38. The second-order valence-electron chi connectivity index (χ2n) is 11.1. The quantitative estimate of drug-likeness (QED) is 0.367. The average molecular weight is 532 g/mol. The lowest BCUT2D eigenvalue weighted by molar-refractivity contribution is -0.145. The summed E-state index contributed by atoms with van der Waals surface area (Å²) in [7, 11) is 0. The molecular weight excluding hydrogens is 486 g/mol. The van der Waals surface area contributed by atoms with Gasteiger partial charge in [-0.3, -0.25) is 14.4 Å². The van der Waals surface area contributed by atoms with Gasteiger partial charge in [-0.2, -0.15) is 0 Å². The van der Waals surface area contributed by atoms with E-state index in [1.807, 2.05) is 45.0 Å².